The monoisotopic (exact) mass is 502 g/mol. The summed E-state index contributed by atoms with van der Waals surface area (Å²) in [6, 6.07) is 15.7. The van der Waals surface area contributed by atoms with Crippen molar-refractivity contribution in [3.05, 3.63) is 63.6 Å². The van der Waals surface area contributed by atoms with E-state index in [4.69, 9.17) is 0 Å². The highest BCUT2D eigenvalue weighted by Gasteiger charge is 2.35. The molecule has 4 rings (SSSR count). The van der Waals surface area contributed by atoms with Gasteiger partial charge in [0.25, 0.3) is 5.56 Å². The Hall–Kier alpha value is -3.45. The molecular weight excluding hydrogens is 471 g/mol. The van der Waals surface area contributed by atoms with Crippen molar-refractivity contribution in [3.63, 3.8) is 0 Å². The Labute approximate surface area is 211 Å². The molecule has 1 fully saturated rings. The molecule has 1 aliphatic rings. The molecule has 0 saturated carbocycles. The van der Waals surface area contributed by atoms with Gasteiger partial charge in [0.15, 0.2) is 0 Å². The van der Waals surface area contributed by atoms with E-state index in [0.717, 1.165) is 10.9 Å². The summed E-state index contributed by atoms with van der Waals surface area (Å²) in [6.45, 7) is 11.2. The first-order valence-corrected chi connectivity index (χ1v) is 14.6. The molecular formula is C27H31N6O2P. The van der Waals surface area contributed by atoms with Gasteiger partial charge in [-0.05, 0) is 51.8 Å². The van der Waals surface area contributed by atoms with E-state index in [1.54, 1.807) is 32.5 Å². The van der Waals surface area contributed by atoms with Gasteiger partial charge in [-0.1, -0.05) is 24.3 Å². The third-order valence-corrected chi connectivity index (χ3v) is 8.80. The Morgan fingerprint density at radius 2 is 1.69 bits per heavy atom. The van der Waals surface area contributed by atoms with Crippen LogP contribution in [0.15, 0.2) is 41.2 Å². The Morgan fingerprint density at radius 3 is 2.28 bits per heavy atom. The Morgan fingerprint density at radius 1 is 1.03 bits per heavy atom. The lowest BCUT2D eigenvalue weighted by atomic mass is 9.99. The van der Waals surface area contributed by atoms with Gasteiger partial charge in [-0.2, -0.15) is 10.5 Å². The van der Waals surface area contributed by atoms with Crippen molar-refractivity contribution >= 4 is 29.2 Å². The summed E-state index contributed by atoms with van der Waals surface area (Å²) in [5, 5.41) is 20.2. The quantitative estimate of drug-likeness (QED) is 0.502. The molecule has 1 unspecified atom stereocenters. The number of nitriles is 2. The van der Waals surface area contributed by atoms with Crippen molar-refractivity contribution in [3.8, 4) is 12.1 Å². The third-order valence-electron chi connectivity index (χ3n) is 7.26. The molecule has 186 valence electrons. The molecule has 3 aromatic rings. The second kappa shape index (κ2) is 9.54. The van der Waals surface area contributed by atoms with E-state index < -0.39 is 7.14 Å². The number of aromatic nitrogens is 2. The van der Waals surface area contributed by atoms with Crippen molar-refractivity contribution in [2.75, 3.05) is 31.3 Å². The van der Waals surface area contributed by atoms with Gasteiger partial charge in [0, 0.05) is 43.6 Å². The number of benzene rings is 1. The molecule has 0 aliphatic carbocycles. The van der Waals surface area contributed by atoms with E-state index >= 15 is 0 Å². The van der Waals surface area contributed by atoms with Crippen LogP contribution in [0.2, 0.25) is 0 Å². The number of aryl methyl sites for hydroxylation is 1. The van der Waals surface area contributed by atoms with Crippen molar-refractivity contribution in [1.29, 1.82) is 10.5 Å². The third kappa shape index (κ3) is 4.44. The van der Waals surface area contributed by atoms with Crippen molar-refractivity contribution in [1.82, 2.24) is 14.5 Å². The number of anilines is 1. The highest BCUT2D eigenvalue weighted by Crippen LogP contribution is 2.36. The minimum absolute atomic E-state index is 0.00984. The van der Waals surface area contributed by atoms with Crippen LogP contribution in [0.5, 0.6) is 0 Å². The standard InChI is InChI=1S/C27H31N6O2P/c1-17-16-33(18(2)15-32(17)19(3)20-7-10-22(11-8-20)36(5,6)35)26-23(14-29)27(34)31(4)24-12-9-21(13-28)30-25(24)26/h7-12,17-19H,15-16H2,1-6H3/t17-,18+,19?/m1/s1. The van der Waals surface area contributed by atoms with Gasteiger partial charge in [-0.3, -0.25) is 9.69 Å². The normalized spacial score (nSPS) is 19.6. The molecule has 0 N–H and O–H groups in total. The van der Waals surface area contributed by atoms with Crippen molar-refractivity contribution < 1.29 is 4.57 Å². The zero-order valence-corrected chi connectivity index (χ0v) is 22.5. The summed E-state index contributed by atoms with van der Waals surface area (Å²) in [4.78, 5) is 22.1. The molecule has 1 saturated heterocycles. The van der Waals surface area contributed by atoms with Crippen LogP contribution in [0, 0.1) is 22.7 Å². The first kappa shape index (κ1) is 25.6. The molecule has 3 heterocycles. The molecule has 2 aromatic heterocycles. The molecule has 1 aromatic carbocycles. The number of piperazine rings is 1. The van der Waals surface area contributed by atoms with E-state index in [1.807, 2.05) is 12.1 Å². The summed E-state index contributed by atoms with van der Waals surface area (Å²) < 4.78 is 13.8. The maximum atomic E-state index is 13.1. The van der Waals surface area contributed by atoms with Crippen molar-refractivity contribution in [2.24, 2.45) is 7.05 Å². The fraction of sp³-hybridized carbons (Fsp3) is 0.407. The van der Waals surface area contributed by atoms with Gasteiger partial charge < -0.3 is 14.0 Å². The molecule has 1 aliphatic heterocycles. The molecule has 8 nitrogen and oxygen atoms in total. The summed E-state index contributed by atoms with van der Waals surface area (Å²) in [7, 11) is -0.685. The lowest BCUT2D eigenvalue weighted by Gasteiger charge is -2.48. The first-order valence-electron chi connectivity index (χ1n) is 12.0. The highest BCUT2D eigenvalue weighted by molar-refractivity contribution is 7.70. The van der Waals surface area contributed by atoms with Crippen LogP contribution in [0.4, 0.5) is 5.69 Å². The summed E-state index contributed by atoms with van der Waals surface area (Å²) >= 11 is 0. The number of rotatable bonds is 4. The topological polar surface area (TPSA) is 106 Å². The lowest BCUT2D eigenvalue weighted by molar-refractivity contribution is 0.119. The first-order chi connectivity index (χ1) is 17.0. The van der Waals surface area contributed by atoms with E-state index in [0.29, 0.717) is 29.8 Å². The molecule has 0 radical (unpaired) electrons. The van der Waals surface area contributed by atoms with E-state index in [9.17, 15) is 19.9 Å². The van der Waals surface area contributed by atoms with Crippen molar-refractivity contribution in [2.45, 2.75) is 38.9 Å². The lowest BCUT2D eigenvalue weighted by Crippen LogP contribution is -2.57. The Balaban J connectivity index is 1.72. The maximum Gasteiger partial charge on any atom is 0.270 e. The van der Waals surface area contributed by atoms with Gasteiger partial charge in [0.2, 0.25) is 0 Å². The van der Waals surface area contributed by atoms with Crippen LogP contribution in [0.1, 0.15) is 43.6 Å². The van der Waals surface area contributed by atoms with Crippen LogP contribution in [0.3, 0.4) is 0 Å². The predicted octanol–water partition coefficient (Wildman–Crippen LogP) is 3.59. The van der Waals surface area contributed by atoms with Gasteiger partial charge in [0.1, 0.15) is 36.1 Å². The SMILES string of the molecule is CC(c1ccc(P(C)(C)=O)cc1)N1C[C@H](C)N(c2c(C#N)c(=O)n(C)c3ccc(C#N)nc23)C[C@H]1C. The van der Waals surface area contributed by atoms with Gasteiger partial charge >= 0.3 is 0 Å². The summed E-state index contributed by atoms with van der Waals surface area (Å²) in [6.07, 6.45) is 0. The second-order valence-electron chi connectivity index (χ2n) is 10.0. The van der Waals surface area contributed by atoms with E-state index in [2.05, 4.69) is 59.8 Å². The molecule has 0 spiro atoms. The predicted molar refractivity (Wildman–Crippen MR) is 143 cm³/mol. The smallest absolute Gasteiger partial charge is 0.270 e. The number of nitrogens with zero attached hydrogens (tertiary/aromatic N) is 6. The molecule has 9 heteroatoms. The largest absolute Gasteiger partial charge is 0.363 e. The minimum atomic E-state index is -2.31. The van der Waals surface area contributed by atoms with E-state index in [1.165, 1.54) is 4.57 Å². The summed E-state index contributed by atoms with van der Waals surface area (Å²) in [5.41, 5.74) is 2.66. The number of hydrogen-bond donors (Lipinski definition) is 0. The van der Waals surface area contributed by atoms with E-state index in [-0.39, 0.29) is 34.9 Å². The number of pyridine rings is 2. The fourth-order valence-corrected chi connectivity index (χ4v) is 6.01. The molecule has 0 amide bonds. The van der Waals surface area contributed by atoms with Crippen LogP contribution in [-0.4, -0.2) is 53.0 Å². The molecule has 0 bridgehead atoms. The minimum Gasteiger partial charge on any atom is -0.363 e. The van der Waals surface area contributed by atoms with Gasteiger partial charge in [-0.25, -0.2) is 4.98 Å². The average Bonchev–Trinajstić information content (AvgIpc) is 2.86. The zero-order chi connectivity index (χ0) is 26.4. The van der Waals surface area contributed by atoms with Crippen LogP contribution >= 0.6 is 7.14 Å². The summed E-state index contributed by atoms with van der Waals surface area (Å²) in [5.74, 6) is 0. The Bertz CT molecular complexity index is 1510. The van der Waals surface area contributed by atoms with Gasteiger partial charge in [0.05, 0.1) is 11.2 Å². The Kier molecular flexibility index (Phi) is 6.80. The van der Waals surface area contributed by atoms with Crippen LogP contribution < -0.4 is 15.8 Å². The highest BCUT2D eigenvalue weighted by atomic mass is 31.2. The zero-order valence-electron chi connectivity index (χ0n) is 21.6. The van der Waals surface area contributed by atoms with Crippen LogP contribution in [-0.2, 0) is 11.6 Å². The molecule has 36 heavy (non-hydrogen) atoms. The number of hydrogen-bond acceptors (Lipinski definition) is 7. The average molecular weight is 503 g/mol. The van der Waals surface area contributed by atoms with Gasteiger partial charge in [-0.15, -0.1) is 0 Å². The van der Waals surface area contributed by atoms with Crippen LogP contribution in [0.25, 0.3) is 11.0 Å². The fourth-order valence-electron chi connectivity index (χ4n) is 5.14. The molecule has 3 atom stereocenters. The maximum absolute atomic E-state index is 13.1. The second-order valence-corrected chi connectivity index (χ2v) is 13.3. The number of fused-ring (bicyclic) bond motifs is 1.